The first-order valence-corrected chi connectivity index (χ1v) is 7.04. The van der Waals surface area contributed by atoms with Gasteiger partial charge in [-0.2, -0.15) is 10.2 Å². The monoisotopic (exact) mass is 346 g/mol. The molecule has 2 aromatic rings. The largest absolute Gasteiger partial charge is 0.504 e. The van der Waals surface area contributed by atoms with Gasteiger partial charge in [0.15, 0.2) is 23.0 Å². The van der Waals surface area contributed by atoms with Gasteiger partial charge in [-0.3, -0.25) is 10.9 Å². The predicted octanol–water partition coefficient (Wildman–Crippen LogP) is 1.34. The fourth-order valence-electron chi connectivity index (χ4n) is 1.65. The van der Waals surface area contributed by atoms with Crippen molar-refractivity contribution < 1.29 is 20.4 Å². The molecular formula is C15H14N4O4S. The van der Waals surface area contributed by atoms with Crippen molar-refractivity contribution in [2.24, 2.45) is 10.2 Å². The first-order valence-electron chi connectivity index (χ1n) is 6.63. The van der Waals surface area contributed by atoms with Gasteiger partial charge in [-0.05, 0) is 36.5 Å². The van der Waals surface area contributed by atoms with E-state index in [2.05, 4.69) is 21.1 Å². The Hall–Kier alpha value is -3.33. The lowest BCUT2D eigenvalue weighted by atomic mass is 10.2. The van der Waals surface area contributed by atoms with E-state index in [0.717, 1.165) is 0 Å². The van der Waals surface area contributed by atoms with Crippen LogP contribution >= 0.6 is 12.2 Å². The molecule has 2 rings (SSSR count). The summed E-state index contributed by atoms with van der Waals surface area (Å²) in [5.41, 5.74) is 5.53. The Labute approximate surface area is 142 Å². The normalized spacial score (nSPS) is 11.0. The van der Waals surface area contributed by atoms with Crippen molar-refractivity contribution >= 4 is 29.8 Å². The number of para-hydroxylation sites is 2. The second-order valence-corrected chi connectivity index (χ2v) is 4.91. The Morgan fingerprint density at radius 3 is 1.62 bits per heavy atom. The summed E-state index contributed by atoms with van der Waals surface area (Å²) in [6.45, 7) is 0. The van der Waals surface area contributed by atoms with Crippen molar-refractivity contribution in [3.63, 3.8) is 0 Å². The fourth-order valence-corrected chi connectivity index (χ4v) is 1.76. The highest BCUT2D eigenvalue weighted by Gasteiger charge is 2.03. The summed E-state index contributed by atoms with van der Waals surface area (Å²) >= 11 is 4.93. The minimum atomic E-state index is -0.292. The van der Waals surface area contributed by atoms with E-state index in [-0.39, 0.29) is 28.1 Å². The Kier molecular flexibility index (Phi) is 5.53. The molecule has 124 valence electrons. The number of hydrogen-bond donors (Lipinski definition) is 6. The van der Waals surface area contributed by atoms with E-state index in [0.29, 0.717) is 11.1 Å². The summed E-state index contributed by atoms with van der Waals surface area (Å²) in [7, 11) is 0. The molecule has 0 radical (unpaired) electrons. The van der Waals surface area contributed by atoms with Gasteiger partial charge in [0.1, 0.15) is 0 Å². The molecule has 8 nitrogen and oxygen atoms in total. The Morgan fingerprint density at radius 2 is 1.21 bits per heavy atom. The molecule has 24 heavy (non-hydrogen) atoms. The van der Waals surface area contributed by atoms with Crippen LogP contribution in [0.25, 0.3) is 0 Å². The molecule has 0 unspecified atom stereocenters. The number of phenolic OH excluding ortho intramolecular Hbond substituents is 4. The number of rotatable bonds is 4. The predicted molar refractivity (Wildman–Crippen MR) is 93.6 cm³/mol. The first kappa shape index (κ1) is 17.0. The smallest absolute Gasteiger partial charge is 0.207 e. The Balaban J connectivity index is 1.89. The summed E-state index contributed by atoms with van der Waals surface area (Å²) in [5, 5.41) is 45.5. The number of aromatic hydroxyl groups is 4. The second-order valence-electron chi connectivity index (χ2n) is 4.50. The molecule has 0 heterocycles. The van der Waals surface area contributed by atoms with Crippen molar-refractivity contribution in [2.45, 2.75) is 0 Å². The molecule has 0 aliphatic carbocycles. The molecule has 0 spiro atoms. The van der Waals surface area contributed by atoms with Crippen LogP contribution in [0.2, 0.25) is 0 Å². The van der Waals surface area contributed by atoms with Crippen LogP contribution in [0.1, 0.15) is 11.1 Å². The van der Waals surface area contributed by atoms with E-state index >= 15 is 0 Å². The summed E-state index contributed by atoms with van der Waals surface area (Å²) < 4.78 is 0. The molecule has 0 bridgehead atoms. The Bertz CT molecular complexity index is 743. The quantitative estimate of drug-likeness (QED) is 0.213. The number of nitrogens with one attached hydrogen (secondary N) is 2. The number of nitrogens with zero attached hydrogens (tertiary/aromatic N) is 2. The molecule has 9 heteroatoms. The van der Waals surface area contributed by atoms with Gasteiger partial charge in [-0.25, -0.2) is 0 Å². The van der Waals surface area contributed by atoms with Gasteiger partial charge in [-0.1, -0.05) is 12.1 Å². The number of thiocarbonyl (C=S) groups is 1. The molecule has 0 fully saturated rings. The molecule has 0 saturated carbocycles. The highest BCUT2D eigenvalue weighted by atomic mass is 32.1. The van der Waals surface area contributed by atoms with Gasteiger partial charge < -0.3 is 20.4 Å². The number of benzene rings is 2. The average molecular weight is 346 g/mol. The molecule has 2 aromatic carbocycles. The maximum absolute atomic E-state index is 9.59. The van der Waals surface area contributed by atoms with Crippen LogP contribution in [0.3, 0.4) is 0 Å². The Morgan fingerprint density at radius 1 is 0.792 bits per heavy atom. The van der Waals surface area contributed by atoms with Crippen molar-refractivity contribution in [3.05, 3.63) is 47.5 Å². The highest BCUT2D eigenvalue weighted by molar-refractivity contribution is 7.80. The molecule has 0 aromatic heterocycles. The van der Waals surface area contributed by atoms with Crippen LogP contribution in [0.15, 0.2) is 46.6 Å². The first-order chi connectivity index (χ1) is 11.5. The summed E-state index contributed by atoms with van der Waals surface area (Å²) in [5.74, 6) is -1.09. The minimum absolute atomic E-state index is 0.0572. The number of phenols is 4. The minimum Gasteiger partial charge on any atom is -0.504 e. The van der Waals surface area contributed by atoms with E-state index in [1.54, 1.807) is 24.3 Å². The van der Waals surface area contributed by atoms with E-state index in [4.69, 9.17) is 12.2 Å². The van der Waals surface area contributed by atoms with Gasteiger partial charge in [0.2, 0.25) is 5.11 Å². The molecule has 6 N–H and O–H groups in total. The SMILES string of the molecule is Oc1cccc(/C=N\NC(=S)N/N=C\c2cccc(O)c2O)c1O. The third-order valence-electron chi connectivity index (χ3n) is 2.83. The fraction of sp³-hybridized carbons (Fsp3) is 0. The van der Waals surface area contributed by atoms with Crippen LogP contribution in [0, 0.1) is 0 Å². The van der Waals surface area contributed by atoms with E-state index in [9.17, 15) is 20.4 Å². The zero-order chi connectivity index (χ0) is 17.5. The molecule has 0 aliphatic rings. The summed E-state index contributed by atoms with van der Waals surface area (Å²) in [6.07, 6.45) is 2.54. The highest BCUT2D eigenvalue weighted by Crippen LogP contribution is 2.27. The van der Waals surface area contributed by atoms with Crippen LogP contribution in [0.5, 0.6) is 23.0 Å². The summed E-state index contributed by atoms with van der Waals surface area (Å²) in [4.78, 5) is 0. The van der Waals surface area contributed by atoms with E-state index in [1.165, 1.54) is 24.6 Å². The average Bonchev–Trinajstić information content (AvgIpc) is 2.55. The molecule has 0 saturated heterocycles. The lowest BCUT2D eigenvalue weighted by molar-refractivity contribution is 0.403. The van der Waals surface area contributed by atoms with Gasteiger partial charge >= 0.3 is 0 Å². The maximum Gasteiger partial charge on any atom is 0.207 e. The molecular weight excluding hydrogens is 332 g/mol. The van der Waals surface area contributed by atoms with Crippen molar-refractivity contribution in [2.75, 3.05) is 0 Å². The topological polar surface area (TPSA) is 130 Å². The maximum atomic E-state index is 9.59. The van der Waals surface area contributed by atoms with Crippen molar-refractivity contribution in [1.82, 2.24) is 10.9 Å². The van der Waals surface area contributed by atoms with Gasteiger partial charge in [0, 0.05) is 11.1 Å². The third kappa shape index (κ3) is 4.34. The van der Waals surface area contributed by atoms with Gasteiger partial charge in [0.05, 0.1) is 12.4 Å². The zero-order valence-electron chi connectivity index (χ0n) is 12.2. The lowest BCUT2D eigenvalue weighted by Crippen LogP contribution is -2.28. The van der Waals surface area contributed by atoms with Crippen LogP contribution in [0.4, 0.5) is 0 Å². The molecule has 0 amide bonds. The number of hydrazone groups is 2. The van der Waals surface area contributed by atoms with E-state index in [1.807, 2.05) is 0 Å². The second kappa shape index (κ2) is 7.79. The molecule has 0 atom stereocenters. The van der Waals surface area contributed by atoms with E-state index < -0.39 is 0 Å². The molecule has 0 aliphatic heterocycles. The lowest BCUT2D eigenvalue weighted by Gasteiger charge is -2.03. The van der Waals surface area contributed by atoms with Crippen LogP contribution < -0.4 is 10.9 Å². The number of hydrogen-bond acceptors (Lipinski definition) is 7. The standard InChI is InChI=1S/C15H14N4O4S/c20-11-5-1-3-9(13(11)22)7-16-18-15(24)19-17-8-10-4-2-6-12(21)14(10)23/h1-8,20-23H,(H2,18,19,24)/b16-7-,17-8-. The third-order valence-corrected chi connectivity index (χ3v) is 3.01. The van der Waals surface area contributed by atoms with Crippen LogP contribution in [-0.2, 0) is 0 Å². The van der Waals surface area contributed by atoms with Crippen molar-refractivity contribution in [1.29, 1.82) is 0 Å². The van der Waals surface area contributed by atoms with Crippen molar-refractivity contribution in [3.8, 4) is 23.0 Å². The summed E-state index contributed by atoms with van der Waals surface area (Å²) in [6, 6.07) is 8.91. The van der Waals surface area contributed by atoms with Gasteiger partial charge in [-0.15, -0.1) is 0 Å². The van der Waals surface area contributed by atoms with Gasteiger partial charge in [0.25, 0.3) is 0 Å². The van der Waals surface area contributed by atoms with Crippen LogP contribution in [-0.4, -0.2) is 38.0 Å². The zero-order valence-corrected chi connectivity index (χ0v) is 13.0.